The maximum absolute atomic E-state index is 13.5. The normalized spacial score (nSPS) is 20.7. The number of aliphatic hydroxyl groups excluding tert-OH is 1. The molecule has 2 atom stereocenters. The smallest absolute Gasteiger partial charge is 0.410 e. The summed E-state index contributed by atoms with van der Waals surface area (Å²) < 4.78 is 10.9. The molecule has 41 heavy (non-hydrogen) atoms. The number of anilines is 1. The van der Waals surface area contributed by atoms with Crippen LogP contribution in [0.1, 0.15) is 50.1 Å². The maximum atomic E-state index is 13.5. The predicted molar refractivity (Wildman–Crippen MR) is 151 cm³/mol. The van der Waals surface area contributed by atoms with E-state index in [0.29, 0.717) is 37.6 Å². The number of nitrogens with zero attached hydrogens (tertiary/aromatic N) is 5. The molecule has 2 heterocycles. The fourth-order valence-electron chi connectivity index (χ4n) is 5.29. The van der Waals surface area contributed by atoms with Crippen LogP contribution in [0.5, 0.6) is 0 Å². The van der Waals surface area contributed by atoms with E-state index in [4.69, 9.17) is 21.1 Å². The molecular weight excluding hydrogens is 554 g/mol. The molecule has 1 saturated heterocycles. The second-order valence-electron chi connectivity index (χ2n) is 11.1. The highest BCUT2D eigenvalue weighted by Gasteiger charge is 2.52. The highest BCUT2D eigenvalue weighted by atomic mass is 35.5. The number of aliphatic hydroxyl groups is 1. The van der Waals surface area contributed by atoms with Gasteiger partial charge in [0.25, 0.3) is 5.69 Å². The summed E-state index contributed by atoms with van der Waals surface area (Å²) in [6.45, 7) is 10.6. The number of hydrogen-bond donors (Lipinski definition) is 1. The molecule has 2 unspecified atom stereocenters. The number of benzene rings is 1. The third-order valence-electron chi connectivity index (χ3n) is 7.26. The third kappa shape index (κ3) is 6.43. The number of carbonyl (C=O) groups excluding carboxylic acids is 2. The number of piperazine rings is 1. The molecule has 1 N–H and O–H groups in total. The number of carbonyl (C=O) groups is 2. The van der Waals surface area contributed by atoms with Gasteiger partial charge in [-0.25, -0.2) is 14.8 Å². The first-order chi connectivity index (χ1) is 19.4. The van der Waals surface area contributed by atoms with Crippen molar-refractivity contribution in [2.24, 2.45) is 5.41 Å². The third-order valence-corrected chi connectivity index (χ3v) is 7.43. The van der Waals surface area contributed by atoms with Crippen molar-refractivity contribution in [3.8, 4) is 0 Å². The van der Waals surface area contributed by atoms with Crippen molar-refractivity contribution in [2.45, 2.75) is 51.7 Å². The molecular formula is C28H34ClN5O7. The van der Waals surface area contributed by atoms with Crippen molar-refractivity contribution in [1.82, 2.24) is 14.9 Å². The van der Waals surface area contributed by atoms with Gasteiger partial charge < -0.3 is 24.4 Å². The van der Waals surface area contributed by atoms with Crippen LogP contribution < -0.4 is 4.90 Å². The summed E-state index contributed by atoms with van der Waals surface area (Å²) in [5.41, 5.74) is -1.24. The van der Waals surface area contributed by atoms with Crippen molar-refractivity contribution in [1.29, 1.82) is 0 Å². The van der Waals surface area contributed by atoms with Gasteiger partial charge in [0.1, 0.15) is 29.5 Å². The van der Waals surface area contributed by atoms with Crippen LogP contribution in [-0.2, 0) is 27.1 Å². The van der Waals surface area contributed by atoms with Crippen LogP contribution >= 0.6 is 11.6 Å². The van der Waals surface area contributed by atoms with E-state index in [2.05, 4.69) is 16.5 Å². The zero-order valence-electron chi connectivity index (χ0n) is 23.3. The zero-order chi connectivity index (χ0) is 29.9. The van der Waals surface area contributed by atoms with Crippen molar-refractivity contribution in [3.63, 3.8) is 0 Å². The summed E-state index contributed by atoms with van der Waals surface area (Å²) in [5.74, 6) is -0.197. The van der Waals surface area contributed by atoms with Crippen LogP contribution in [0.15, 0.2) is 36.9 Å². The molecule has 1 amide bonds. The van der Waals surface area contributed by atoms with E-state index in [9.17, 15) is 24.8 Å². The van der Waals surface area contributed by atoms with Crippen LogP contribution in [-0.4, -0.2) is 75.3 Å². The van der Waals surface area contributed by atoms with E-state index < -0.39 is 34.1 Å². The molecule has 2 aromatic rings. The Kier molecular flexibility index (Phi) is 8.83. The van der Waals surface area contributed by atoms with Crippen molar-refractivity contribution in [3.05, 3.63) is 69.1 Å². The van der Waals surface area contributed by atoms with E-state index in [1.54, 1.807) is 23.1 Å². The van der Waals surface area contributed by atoms with Gasteiger partial charge >= 0.3 is 12.1 Å². The number of para-hydroxylation sites is 1. The SMILES string of the molecule is C=CCOC(=O)C1(Cc2ccccc2[N+](=O)[O-])CCc2c(nc(Cl)nc2N2CCN(C(=O)OC(C)(C)C)CC2)C1O. The number of nitro groups is 1. The first kappa shape index (κ1) is 30.2. The lowest BCUT2D eigenvalue weighted by atomic mass is 9.67. The van der Waals surface area contributed by atoms with E-state index in [-0.39, 0.29) is 48.1 Å². The average molecular weight is 588 g/mol. The lowest BCUT2D eigenvalue weighted by Gasteiger charge is -2.42. The van der Waals surface area contributed by atoms with E-state index in [1.165, 1.54) is 12.1 Å². The maximum Gasteiger partial charge on any atom is 0.410 e. The molecule has 1 aliphatic carbocycles. The summed E-state index contributed by atoms with van der Waals surface area (Å²) >= 11 is 6.34. The first-order valence-corrected chi connectivity index (χ1v) is 13.7. The molecule has 13 heteroatoms. The number of esters is 1. The highest BCUT2D eigenvalue weighted by Crippen LogP contribution is 2.49. The number of ether oxygens (including phenoxy) is 2. The van der Waals surface area contributed by atoms with Gasteiger partial charge in [0.2, 0.25) is 5.28 Å². The van der Waals surface area contributed by atoms with Gasteiger partial charge in [-0.2, -0.15) is 0 Å². The average Bonchev–Trinajstić information content (AvgIpc) is 2.92. The number of halogens is 1. The van der Waals surface area contributed by atoms with E-state index in [0.717, 1.165) is 0 Å². The molecule has 0 bridgehead atoms. The summed E-state index contributed by atoms with van der Waals surface area (Å²) in [7, 11) is 0. The predicted octanol–water partition coefficient (Wildman–Crippen LogP) is 4.03. The van der Waals surface area contributed by atoms with Crippen LogP contribution in [0.3, 0.4) is 0 Å². The van der Waals surface area contributed by atoms with E-state index >= 15 is 0 Å². The molecule has 12 nitrogen and oxygen atoms in total. The largest absolute Gasteiger partial charge is 0.461 e. The Labute approximate surface area is 243 Å². The van der Waals surface area contributed by atoms with Crippen molar-refractivity contribution >= 4 is 35.2 Å². The van der Waals surface area contributed by atoms with Gasteiger partial charge in [-0.3, -0.25) is 14.9 Å². The number of nitro benzene ring substituents is 1. The van der Waals surface area contributed by atoms with Crippen molar-refractivity contribution in [2.75, 3.05) is 37.7 Å². The van der Waals surface area contributed by atoms with Gasteiger partial charge in [-0.1, -0.05) is 30.9 Å². The van der Waals surface area contributed by atoms with E-state index in [1.807, 2.05) is 25.7 Å². The fraction of sp³-hybridized carbons (Fsp3) is 0.500. The van der Waals surface area contributed by atoms with Crippen LogP contribution in [0.25, 0.3) is 0 Å². The topological polar surface area (TPSA) is 148 Å². The Hall–Kier alpha value is -3.77. The van der Waals surface area contributed by atoms with Crippen LogP contribution in [0, 0.1) is 15.5 Å². The highest BCUT2D eigenvalue weighted by molar-refractivity contribution is 6.28. The number of fused-ring (bicyclic) bond motifs is 1. The Morgan fingerprint density at radius 3 is 2.56 bits per heavy atom. The molecule has 0 saturated carbocycles. The number of aromatic nitrogens is 2. The Morgan fingerprint density at radius 1 is 1.24 bits per heavy atom. The second-order valence-corrected chi connectivity index (χ2v) is 11.5. The summed E-state index contributed by atoms with van der Waals surface area (Å²) in [6, 6.07) is 6.10. The summed E-state index contributed by atoms with van der Waals surface area (Å²) in [4.78, 5) is 49.6. The molecule has 2 aliphatic rings. The molecule has 1 aromatic heterocycles. The quantitative estimate of drug-likeness (QED) is 0.165. The Morgan fingerprint density at radius 2 is 1.93 bits per heavy atom. The molecule has 0 radical (unpaired) electrons. The standard InChI is InChI=1S/C28H34ClN5O7/c1-5-16-40-24(36)28(17-18-8-6-7-9-20(18)34(38)39)11-10-19-21(22(28)35)30-25(29)31-23(19)32-12-14-33(15-13-32)26(37)41-27(2,3)4/h5-9,22,35H,1,10-17H2,2-4H3. The zero-order valence-corrected chi connectivity index (χ0v) is 24.1. The van der Waals surface area contributed by atoms with Gasteiger partial charge in [0, 0.05) is 43.4 Å². The molecule has 0 spiro atoms. The number of rotatable bonds is 7. The number of hydrogen-bond acceptors (Lipinski definition) is 10. The van der Waals surface area contributed by atoms with Crippen LogP contribution in [0.2, 0.25) is 5.28 Å². The minimum Gasteiger partial charge on any atom is -0.461 e. The molecule has 220 valence electrons. The lowest BCUT2D eigenvalue weighted by Crippen LogP contribution is -2.51. The molecule has 1 fully saturated rings. The monoisotopic (exact) mass is 587 g/mol. The minimum absolute atomic E-state index is 0.0885. The summed E-state index contributed by atoms with van der Waals surface area (Å²) in [6.07, 6.45) is -0.201. The van der Waals surface area contributed by atoms with Gasteiger partial charge in [0.05, 0.1) is 10.6 Å². The Balaban J connectivity index is 1.66. The minimum atomic E-state index is -1.56. The lowest BCUT2D eigenvalue weighted by molar-refractivity contribution is -0.385. The fourth-order valence-corrected chi connectivity index (χ4v) is 5.46. The van der Waals surface area contributed by atoms with Crippen LogP contribution in [0.4, 0.5) is 16.3 Å². The number of amides is 1. The van der Waals surface area contributed by atoms with Gasteiger partial charge in [-0.15, -0.1) is 0 Å². The summed E-state index contributed by atoms with van der Waals surface area (Å²) in [5, 5.41) is 23.4. The molecule has 4 rings (SSSR count). The van der Waals surface area contributed by atoms with Gasteiger partial charge in [-0.05, 0) is 51.6 Å². The molecule has 1 aromatic carbocycles. The first-order valence-electron chi connectivity index (χ1n) is 13.3. The Bertz CT molecular complexity index is 1340. The second kappa shape index (κ2) is 12.0. The van der Waals surface area contributed by atoms with Crippen molar-refractivity contribution < 1.29 is 29.1 Å². The molecule has 1 aliphatic heterocycles. The van der Waals surface area contributed by atoms with Gasteiger partial charge in [0.15, 0.2) is 0 Å².